The smallest absolute Gasteiger partial charge is 0.213 e. The van der Waals surface area contributed by atoms with Gasteiger partial charge in [-0.2, -0.15) is 0 Å². The molecule has 1 aliphatic carbocycles. The van der Waals surface area contributed by atoms with Gasteiger partial charge in [0.25, 0.3) is 0 Å². The lowest BCUT2D eigenvalue weighted by atomic mass is 9.98. The molecule has 4 rings (SSSR count). The minimum absolute atomic E-state index is 0.538. The van der Waals surface area contributed by atoms with Crippen molar-refractivity contribution >= 4 is 11.0 Å². The topological polar surface area (TPSA) is 119 Å². The van der Waals surface area contributed by atoms with E-state index in [1.807, 2.05) is 0 Å². The highest BCUT2D eigenvalue weighted by atomic mass is 35.7. The van der Waals surface area contributed by atoms with Gasteiger partial charge in [0.1, 0.15) is 11.3 Å². The van der Waals surface area contributed by atoms with E-state index in [9.17, 15) is 0 Å². The molecule has 1 N–H and O–H groups in total. The number of hydrogen-bond acceptors (Lipinski definition) is 5. The summed E-state index contributed by atoms with van der Waals surface area (Å²) in [7, 11) is -4.94. The van der Waals surface area contributed by atoms with Crippen molar-refractivity contribution < 1.29 is 38.3 Å². The molecule has 36 heavy (non-hydrogen) atoms. The Balaban J connectivity index is 0.000000658. The first-order valence-electron chi connectivity index (χ1n) is 13.0. The van der Waals surface area contributed by atoms with Gasteiger partial charge < -0.3 is 4.42 Å². The summed E-state index contributed by atoms with van der Waals surface area (Å²) in [6, 6.07) is 17.9. The summed E-state index contributed by atoms with van der Waals surface area (Å²) in [4.78, 5) is 3.96. The van der Waals surface area contributed by atoms with Crippen LogP contribution >= 0.6 is 0 Å². The Morgan fingerprint density at radius 3 is 1.75 bits per heavy atom. The van der Waals surface area contributed by atoms with Gasteiger partial charge in [-0.3, -0.25) is 0 Å². The van der Waals surface area contributed by atoms with Crippen LogP contribution < -0.4 is 29.0 Å². The van der Waals surface area contributed by atoms with Crippen molar-refractivity contribution in [3.05, 3.63) is 65.0 Å². The van der Waals surface area contributed by atoms with Crippen LogP contribution in [0.3, 0.4) is 0 Å². The molecule has 2 aromatic carbocycles. The molecule has 196 valence electrons. The average Bonchev–Trinajstić information content (AvgIpc) is 2.80. The van der Waals surface area contributed by atoms with E-state index in [-0.39, 0.29) is 0 Å². The van der Waals surface area contributed by atoms with Gasteiger partial charge in [-0.25, -0.2) is 23.6 Å². The van der Waals surface area contributed by atoms with Gasteiger partial charge in [0.05, 0.1) is 11.5 Å². The molecule has 1 saturated carbocycles. The van der Waals surface area contributed by atoms with Gasteiger partial charge in [-0.15, -0.1) is 10.2 Å². The Bertz CT molecular complexity index is 1130. The quantitative estimate of drug-likeness (QED) is 0.556. The summed E-state index contributed by atoms with van der Waals surface area (Å²) in [5, 5.41) is 2.42. The third-order valence-electron chi connectivity index (χ3n) is 6.72. The molecule has 3 aromatic rings. The van der Waals surface area contributed by atoms with E-state index in [0.717, 1.165) is 16.9 Å². The van der Waals surface area contributed by atoms with Gasteiger partial charge in [-0.05, 0) is 38.8 Å². The molecule has 0 amide bonds. The zero-order valence-electron chi connectivity index (χ0n) is 21.4. The molecular formula is C29H38ClNO5. The van der Waals surface area contributed by atoms with E-state index in [1.165, 1.54) is 92.5 Å². The third kappa shape index (κ3) is 10.0. The predicted octanol–water partition coefficient (Wildman–Crippen LogP) is 1.62. The normalized spacial score (nSPS) is 17.1. The van der Waals surface area contributed by atoms with Crippen LogP contribution in [0, 0.1) is 24.1 Å². The highest BCUT2D eigenvalue weighted by Crippen LogP contribution is 2.23. The summed E-state index contributed by atoms with van der Waals surface area (Å²) in [5.41, 5.74) is 4.63. The van der Waals surface area contributed by atoms with Crippen molar-refractivity contribution in [3.8, 4) is 11.3 Å². The molecule has 0 bridgehead atoms. The van der Waals surface area contributed by atoms with Crippen LogP contribution in [-0.2, 0) is 0 Å². The number of benzene rings is 2. The molecule has 0 spiro atoms. The Labute approximate surface area is 216 Å². The average molecular weight is 516 g/mol. The second-order valence-electron chi connectivity index (χ2n) is 9.87. The van der Waals surface area contributed by atoms with Crippen LogP contribution in [-0.4, -0.2) is 6.04 Å². The van der Waals surface area contributed by atoms with Crippen LogP contribution in [0.2, 0.25) is 0 Å². The lowest BCUT2D eigenvalue weighted by molar-refractivity contribution is -2.00. The Kier molecular flexibility index (Phi) is 11.0. The number of nitrogens with one attached hydrogen (secondary N) is 1. The van der Waals surface area contributed by atoms with Crippen molar-refractivity contribution in [2.75, 3.05) is 0 Å². The van der Waals surface area contributed by atoms with E-state index >= 15 is 0 Å². The Morgan fingerprint density at radius 1 is 0.694 bits per heavy atom. The number of rotatable bonds is 2. The summed E-state index contributed by atoms with van der Waals surface area (Å²) in [5.74, 6) is 0.937. The third-order valence-corrected chi connectivity index (χ3v) is 6.72. The SMILES string of the molecule is Cc1ccc(-c2cc(=[NH+]C3CCCCCCCCCCC3)c3cc(C)ccc3o2)cc1.[O-][Cl+3]([O-])([O-])[O-]. The van der Waals surface area contributed by atoms with Crippen LogP contribution in [0.15, 0.2) is 52.9 Å². The van der Waals surface area contributed by atoms with E-state index in [2.05, 4.69) is 67.4 Å². The summed E-state index contributed by atoms with van der Waals surface area (Å²) >= 11 is 0. The fourth-order valence-corrected chi connectivity index (χ4v) is 4.81. The first-order valence-corrected chi connectivity index (χ1v) is 14.3. The minimum Gasteiger partial charge on any atom is -0.456 e. The fourth-order valence-electron chi connectivity index (χ4n) is 4.81. The molecule has 1 aromatic heterocycles. The monoisotopic (exact) mass is 515 g/mol. The number of halogens is 1. The van der Waals surface area contributed by atoms with Gasteiger partial charge in [0.2, 0.25) is 5.36 Å². The predicted molar refractivity (Wildman–Crippen MR) is 130 cm³/mol. The van der Waals surface area contributed by atoms with Crippen molar-refractivity contribution in [2.24, 2.45) is 0 Å². The maximum Gasteiger partial charge on any atom is 0.213 e. The molecule has 1 heterocycles. The Morgan fingerprint density at radius 2 is 1.19 bits per heavy atom. The number of fused-ring (bicyclic) bond motifs is 1. The molecule has 0 atom stereocenters. The highest BCUT2D eigenvalue weighted by Gasteiger charge is 2.15. The van der Waals surface area contributed by atoms with E-state index in [4.69, 9.17) is 23.1 Å². The van der Waals surface area contributed by atoms with Crippen molar-refractivity contribution in [2.45, 2.75) is 90.5 Å². The van der Waals surface area contributed by atoms with Crippen LogP contribution in [0.25, 0.3) is 22.3 Å². The molecule has 0 unspecified atom stereocenters. The van der Waals surface area contributed by atoms with Gasteiger partial charge in [0.15, 0.2) is 6.04 Å². The van der Waals surface area contributed by atoms with E-state index in [1.54, 1.807) is 0 Å². The number of aryl methyl sites for hydroxylation is 2. The summed E-state index contributed by atoms with van der Waals surface area (Å²) in [6.45, 7) is 4.29. The van der Waals surface area contributed by atoms with Crippen molar-refractivity contribution in [3.63, 3.8) is 0 Å². The van der Waals surface area contributed by atoms with Crippen molar-refractivity contribution in [1.82, 2.24) is 0 Å². The van der Waals surface area contributed by atoms with Crippen LogP contribution in [0.4, 0.5) is 0 Å². The standard InChI is InChI=1S/C29H37NO.ClHO4/c1-22-14-17-24(18-15-22)29-21-27(26-20-23(2)16-19-28(26)31-29)30-25-12-10-8-6-4-3-5-7-9-11-13-25;2-1(3,4)5/h14-21,25H,3-13H2,1-2H3;(H,2,3,4,5). The molecule has 6 nitrogen and oxygen atoms in total. The zero-order chi connectivity index (χ0) is 26.0. The molecule has 0 aliphatic heterocycles. The van der Waals surface area contributed by atoms with Crippen LogP contribution in [0.5, 0.6) is 0 Å². The molecule has 0 radical (unpaired) electrons. The highest BCUT2D eigenvalue weighted by molar-refractivity contribution is 5.78. The van der Waals surface area contributed by atoms with Crippen LogP contribution in [0.1, 0.15) is 81.8 Å². The lowest BCUT2D eigenvalue weighted by Gasteiger charge is -2.17. The second-order valence-corrected chi connectivity index (χ2v) is 10.6. The van der Waals surface area contributed by atoms with Gasteiger partial charge >= 0.3 is 0 Å². The maximum absolute atomic E-state index is 8.49. The van der Waals surface area contributed by atoms with Gasteiger partial charge in [-0.1, -0.05) is 86.4 Å². The first kappa shape index (κ1) is 28.4. The van der Waals surface area contributed by atoms with E-state index in [0.29, 0.717) is 6.04 Å². The zero-order valence-corrected chi connectivity index (χ0v) is 22.1. The first-order chi connectivity index (χ1) is 17.2. The van der Waals surface area contributed by atoms with Crippen molar-refractivity contribution in [1.29, 1.82) is 0 Å². The van der Waals surface area contributed by atoms with Gasteiger partial charge in [0, 0.05) is 18.4 Å². The fraction of sp³-hybridized carbons (Fsp3) is 0.483. The molecule has 1 aliphatic rings. The second kappa shape index (κ2) is 13.9. The number of hydrogen-bond donors (Lipinski definition) is 1. The summed E-state index contributed by atoms with van der Waals surface area (Å²) in [6.07, 6.45) is 15.0. The lowest BCUT2D eigenvalue weighted by Crippen LogP contribution is -2.82. The van der Waals surface area contributed by atoms with E-state index < -0.39 is 10.2 Å². The minimum atomic E-state index is -4.94. The molecule has 7 heteroatoms. The Hall–Kier alpha value is -2.22. The molecular weight excluding hydrogens is 478 g/mol. The maximum atomic E-state index is 8.49. The summed E-state index contributed by atoms with van der Waals surface area (Å²) < 4.78 is 40.3. The molecule has 0 saturated heterocycles. The largest absolute Gasteiger partial charge is 0.456 e. The molecule has 1 fully saturated rings.